The van der Waals surface area contributed by atoms with E-state index in [0.29, 0.717) is 11.3 Å². The number of halogens is 1. The van der Waals surface area contributed by atoms with Crippen molar-refractivity contribution >= 4 is 5.97 Å². The highest BCUT2D eigenvalue weighted by Gasteiger charge is 2.22. The maximum atomic E-state index is 14.0. The van der Waals surface area contributed by atoms with Gasteiger partial charge in [-0.2, -0.15) is 0 Å². The van der Waals surface area contributed by atoms with E-state index in [0.717, 1.165) is 11.1 Å². The molecule has 0 aliphatic rings. The van der Waals surface area contributed by atoms with E-state index in [1.54, 1.807) is 30.3 Å². The predicted octanol–water partition coefficient (Wildman–Crippen LogP) is 3.92. The third-order valence-corrected chi connectivity index (χ3v) is 2.91. The van der Waals surface area contributed by atoms with Crippen molar-refractivity contribution in [2.24, 2.45) is 0 Å². The molecule has 0 amide bonds. The lowest BCUT2D eigenvalue weighted by Crippen LogP contribution is -2.16. The molecule has 1 unspecified atom stereocenters. The summed E-state index contributed by atoms with van der Waals surface area (Å²) in [4.78, 5) is 11.8. The summed E-state index contributed by atoms with van der Waals surface area (Å²) in [6.07, 6.45) is -1.76. The van der Waals surface area contributed by atoms with Crippen LogP contribution in [0.5, 0.6) is 5.75 Å². The van der Waals surface area contributed by atoms with E-state index in [1.165, 1.54) is 0 Å². The van der Waals surface area contributed by atoms with Crippen LogP contribution in [0.4, 0.5) is 4.39 Å². The summed E-state index contributed by atoms with van der Waals surface area (Å²) < 4.78 is 19.2. The van der Waals surface area contributed by atoms with E-state index in [-0.39, 0.29) is 0 Å². The van der Waals surface area contributed by atoms with Gasteiger partial charge in [-0.15, -0.1) is 0 Å². The molecule has 2 aromatic carbocycles. The lowest BCUT2D eigenvalue weighted by Gasteiger charge is -2.12. The van der Waals surface area contributed by atoms with Gasteiger partial charge in [0, 0.05) is 0 Å². The SMILES string of the molecule is Cc1cccc(C)c1OC(=O)C(F)c1ccccc1. The summed E-state index contributed by atoms with van der Waals surface area (Å²) in [5, 5.41) is 0. The highest BCUT2D eigenvalue weighted by atomic mass is 19.1. The van der Waals surface area contributed by atoms with Crippen molar-refractivity contribution in [3.05, 3.63) is 65.2 Å². The topological polar surface area (TPSA) is 26.3 Å². The molecule has 0 saturated heterocycles. The van der Waals surface area contributed by atoms with Gasteiger partial charge >= 0.3 is 5.97 Å². The molecule has 0 N–H and O–H groups in total. The molecule has 2 rings (SSSR count). The van der Waals surface area contributed by atoms with Gasteiger partial charge in [-0.05, 0) is 30.5 Å². The molecule has 0 radical (unpaired) electrons. The number of carbonyl (C=O) groups is 1. The Hall–Kier alpha value is -2.16. The summed E-state index contributed by atoms with van der Waals surface area (Å²) in [6, 6.07) is 13.8. The Bertz CT molecular complexity index is 558. The number of aryl methyl sites for hydroxylation is 2. The Kier molecular flexibility index (Phi) is 3.95. The maximum absolute atomic E-state index is 14.0. The molecule has 1 atom stereocenters. The van der Waals surface area contributed by atoms with Crippen molar-refractivity contribution in [1.82, 2.24) is 0 Å². The van der Waals surface area contributed by atoms with Crippen LogP contribution in [0.2, 0.25) is 0 Å². The fraction of sp³-hybridized carbons (Fsp3) is 0.188. The Balaban J connectivity index is 2.18. The van der Waals surface area contributed by atoms with Gasteiger partial charge in [0.1, 0.15) is 5.75 Å². The van der Waals surface area contributed by atoms with Gasteiger partial charge in [0.25, 0.3) is 0 Å². The smallest absolute Gasteiger partial charge is 0.350 e. The number of esters is 1. The van der Waals surface area contributed by atoms with E-state index in [2.05, 4.69) is 0 Å². The van der Waals surface area contributed by atoms with Crippen LogP contribution >= 0.6 is 0 Å². The number of ether oxygens (including phenoxy) is 1. The largest absolute Gasteiger partial charge is 0.424 e. The molecule has 0 aliphatic carbocycles. The van der Waals surface area contributed by atoms with Crippen LogP contribution in [0.25, 0.3) is 0 Å². The molecule has 0 spiro atoms. The molecule has 0 fully saturated rings. The van der Waals surface area contributed by atoms with Crippen molar-refractivity contribution in [3.63, 3.8) is 0 Å². The summed E-state index contributed by atoms with van der Waals surface area (Å²) >= 11 is 0. The van der Waals surface area contributed by atoms with Crippen molar-refractivity contribution in [3.8, 4) is 5.75 Å². The lowest BCUT2D eigenvalue weighted by atomic mass is 10.1. The summed E-state index contributed by atoms with van der Waals surface area (Å²) in [6.45, 7) is 3.65. The van der Waals surface area contributed by atoms with Crippen LogP contribution in [-0.4, -0.2) is 5.97 Å². The van der Waals surface area contributed by atoms with Gasteiger partial charge in [-0.3, -0.25) is 0 Å². The first-order chi connectivity index (χ1) is 9.09. The number of benzene rings is 2. The molecule has 0 bridgehead atoms. The molecular weight excluding hydrogens is 243 g/mol. The molecule has 2 aromatic rings. The first kappa shape index (κ1) is 13.3. The third kappa shape index (κ3) is 2.99. The maximum Gasteiger partial charge on any atom is 0.350 e. The monoisotopic (exact) mass is 258 g/mol. The zero-order chi connectivity index (χ0) is 13.8. The Labute approximate surface area is 111 Å². The fourth-order valence-electron chi connectivity index (χ4n) is 1.87. The van der Waals surface area contributed by atoms with Crippen LogP contribution in [0.15, 0.2) is 48.5 Å². The van der Waals surface area contributed by atoms with Crippen molar-refractivity contribution in [1.29, 1.82) is 0 Å². The second-order valence-electron chi connectivity index (χ2n) is 4.42. The van der Waals surface area contributed by atoms with Gasteiger partial charge in [-0.25, -0.2) is 9.18 Å². The predicted molar refractivity (Wildman–Crippen MR) is 71.8 cm³/mol. The average Bonchev–Trinajstić information content (AvgIpc) is 2.43. The molecule has 0 saturated carbocycles. The fourth-order valence-corrected chi connectivity index (χ4v) is 1.87. The average molecular weight is 258 g/mol. The molecule has 98 valence electrons. The molecule has 2 nitrogen and oxygen atoms in total. The number of rotatable bonds is 3. The van der Waals surface area contributed by atoms with Crippen molar-refractivity contribution in [2.45, 2.75) is 20.0 Å². The molecule has 19 heavy (non-hydrogen) atoms. The molecule has 0 aromatic heterocycles. The Morgan fingerprint density at radius 2 is 1.58 bits per heavy atom. The highest BCUT2D eigenvalue weighted by Crippen LogP contribution is 2.26. The van der Waals surface area contributed by atoms with E-state index < -0.39 is 12.1 Å². The number of para-hydroxylation sites is 1. The summed E-state index contributed by atoms with van der Waals surface area (Å²) in [5.74, 6) is -0.449. The van der Waals surface area contributed by atoms with Crippen LogP contribution in [0.3, 0.4) is 0 Å². The highest BCUT2D eigenvalue weighted by molar-refractivity contribution is 5.79. The van der Waals surface area contributed by atoms with Gasteiger partial charge in [0.15, 0.2) is 0 Å². The van der Waals surface area contributed by atoms with Gasteiger partial charge in [0.2, 0.25) is 6.17 Å². The van der Waals surface area contributed by atoms with Gasteiger partial charge in [0.05, 0.1) is 0 Å². The second-order valence-corrected chi connectivity index (χ2v) is 4.42. The normalized spacial score (nSPS) is 11.9. The zero-order valence-electron chi connectivity index (χ0n) is 10.9. The summed E-state index contributed by atoms with van der Waals surface area (Å²) in [7, 11) is 0. The van der Waals surface area contributed by atoms with E-state index in [4.69, 9.17) is 4.74 Å². The number of hydrogen-bond acceptors (Lipinski definition) is 2. The zero-order valence-corrected chi connectivity index (χ0v) is 10.9. The number of alkyl halides is 1. The Morgan fingerprint density at radius 1 is 1.00 bits per heavy atom. The van der Waals surface area contributed by atoms with Crippen molar-refractivity contribution < 1.29 is 13.9 Å². The molecule has 0 aliphatic heterocycles. The van der Waals surface area contributed by atoms with E-state index in [9.17, 15) is 9.18 Å². The summed E-state index contributed by atoms with van der Waals surface area (Å²) in [5.41, 5.74) is 1.93. The van der Waals surface area contributed by atoms with Crippen LogP contribution in [0.1, 0.15) is 22.9 Å². The quantitative estimate of drug-likeness (QED) is 0.616. The molecule has 0 heterocycles. The minimum atomic E-state index is -1.76. The second kappa shape index (κ2) is 5.65. The molecular formula is C16H15FO2. The first-order valence-electron chi connectivity index (χ1n) is 6.06. The van der Waals surface area contributed by atoms with Crippen LogP contribution < -0.4 is 4.74 Å². The first-order valence-corrected chi connectivity index (χ1v) is 6.06. The van der Waals surface area contributed by atoms with Gasteiger partial charge in [-0.1, -0.05) is 48.5 Å². The number of carbonyl (C=O) groups excluding carboxylic acids is 1. The Morgan fingerprint density at radius 3 is 2.16 bits per heavy atom. The standard InChI is InChI=1S/C16H15FO2/c1-11-7-6-8-12(2)15(11)19-16(18)14(17)13-9-4-3-5-10-13/h3-10,14H,1-2H3. The van der Waals surface area contributed by atoms with E-state index in [1.807, 2.05) is 32.0 Å². The van der Waals surface area contributed by atoms with E-state index >= 15 is 0 Å². The third-order valence-electron chi connectivity index (χ3n) is 2.91. The minimum Gasteiger partial charge on any atom is -0.424 e. The molecule has 3 heteroatoms. The van der Waals surface area contributed by atoms with Crippen molar-refractivity contribution in [2.75, 3.05) is 0 Å². The number of hydrogen-bond donors (Lipinski definition) is 0. The minimum absolute atomic E-state index is 0.304. The lowest BCUT2D eigenvalue weighted by molar-refractivity contribution is -0.140. The van der Waals surface area contributed by atoms with Crippen LogP contribution in [-0.2, 0) is 4.79 Å². The van der Waals surface area contributed by atoms with Crippen LogP contribution in [0, 0.1) is 13.8 Å². The van der Waals surface area contributed by atoms with Gasteiger partial charge < -0.3 is 4.74 Å².